The Labute approximate surface area is 99.0 Å². The summed E-state index contributed by atoms with van der Waals surface area (Å²) in [6.45, 7) is 2.92. The Morgan fingerprint density at radius 1 is 1.50 bits per heavy atom. The molecule has 0 bridgehead atoms. The molecule has 0 aromatic rings. The molecule has 1 saturated heterocycles. The molecule has 2 N–H and O–H groups in total. The Balaban J connectivity index is 2.13. The van der Waals surface area contributed by atoms with E-state index in [0.717, 1.165) is 13.0 Å². The molecule has 4 nitrogen and oxygen atoms in total. The van der Waals surface area contributed by atoms with E-state index in [1.54, 1.807) is 7.11 Å². The first kappa shape index (κ1) is 13.9. The van der Waals surface area contributed by atoms with Crippen LogP contribution >= 0.6 is 0 Å². The van der Waals surface area contributed by atoms with Crippen molar-refractivity contribution < 1.29 is 9.84 Å². The van der Waals surface area contributed by atoms with Crippen molar-refractivity contribution in [2.24, 2.45) is 0 Å². The van der Waals surface area contributed by atoms with Crippen LogP contribution in [-0.4, -0.2) is 62.6 Å². The zero-order valence-corrected chi connectivity index (χ0v) is 10.6. The number of piperidine rings is 1. The molecule has 4 heteroatoms. The summed E-state index contributed by atoms with van der Waals surface area (Å²) in [5.41, 5.74) is 0. The second-order valence-corrected chi connectivity index (χ2v) is 4.71. The van der Waals surface area contributed by atoms with E-state index in [0.29, 0.717) is 12.6 Å². The Morgan fingerprint density at radius 3 is 2.94 bits per heavy atom. The monoisotopic (exact) mass is 230 g/mol. The first-order valence-electron chi connectivity index (χ1n) is 6.31. The average Bonchev–Trinajstić information content (AvgIpc) is 2.30. The molecule has 1 rings (SSSR count). The van der Waals surface area contributed by atoms with Crippen LogP contribution in [0.3, 0.4) is 0 Å². The van der Waals surface area contributed by atoms with Crippen LogP contribution in [-0.2, 0) is 4.74 Å². The van der Waals surface area contributed by atoms with Gasteiger partial charge in [-0.3, -0.25) is 0 Å². The Bertz CT molecular complexity index is 178. The summed E-state index contributed by atoms with van der Waals surface area (Å²) in [7, 11) is 3.88. The zero-order valence-electron chi connectivity index (χ0n) is 10.6. The molecule has 96 valence electrons. The van der Waals surface area contributed by atoms with E-state index in [-0.39, 0.29) is 12.6 Å². The Hall–Kier alpha value is -0.160. The minimum atomic E-state index is 0.0823. The molecule has 2 atom stereocenters. The maximum atomic E-state index is 9.09. The summed E-state index contributed by atoms with van der Waals surface area (Å²) in [6, 6.07) is 0.794. The van der Waals surface area contributed by atoms with Crippen molar-refractivity contribution in [1.82, 2.24) is 10.2 Å². The van der Waals surface area contributed by atoms with Crippen molar-refractivity contribution in [3.8, 4) is 0 Å². The molecule has 1 fully saturated rings. The number of rotatable bonds is 7. The van der Waals surface area contributed by atoms with Crippen molar-refractivity contribution in [3.63, 3.8) is 0 Å². The van der Waals surface area contributed by atoms with E-state index < -0.39 is 0 Å². The third-order valence-corrected chi connectivity index (χ3v) is 3.42. The summed E-state index contributed by atoms with van der Waals surface area (Å²) in [4.78, 5) is 2.45. The number of aliphatic hydroxyl groups excluding tert-OH is 1. The topological polar surface area (TPSA) is 44.7 Å². The van der Waals surface area contributed by atoms with Gasteiger partial charge in [-0.15, -0.1) is 0 Å². The predicted molar refractivity (Wildman–Crippen MR) is 65.6 cm³/mol. The Morgan fingerprint density at radius 2 is 2.31 bits per heavy atom. The van der Waals surface area contributed by atoms with Gasteiger partial charge in [-0.2, -0.15) is 0 Å². The molecule has 1 heterocycles. The third-order valence-electron chi connectivity index (χ3n) is 3.42. The first-order chi connectivity index (χ1) is 7.77. The number of ether oxygens (including phenoxy) is 1. The molecule has 0 aromatic heterocycles. The lowest BCUT2D eigenvalue weighted by molar-refractivity contribution is 0.123. The van der Waals surface area contributed by atoms with E-state index in [1.807, 2.05) is 0 Å². The lowest BCUT2D eigenvalue weighted by Gasteiger charge is -2.32. The molecule has 2 unspecified atom stereocenters. The predicted octanol–water partition coefficient (Wildman–Crippen LogP) is 0.458. The second-order valence-electron chi connectivity index (χ2n) is 4.71. The third kappa shape index (κ3) is 4.78. The fraction of sp³-hybridized carbons (Fsp3) is 1.00. The van der Waals surface area contributed by atoms with Crippen LogP contribution in [0.2, 0.25) is 0 Å². The van der Waals surface area contributed by atoms with Crippen LogP contribution in [0.4, 0.5) is 0 Å². The smallest absolute Gasteiger partial charge is 0.0638 e. The van der Waals surface area contributed by atoms with Crippen LogP contribution in [0.5, 0.6) is 0 Å². The van der Waals surface area contributed by atoms with E-state index in [9.17, 15) is 0 Å². The minimum Gasteiger partial charge on any atom is -0.395 e. The standard InChI is InChI=1S/C12H26N2O2/c1-14-8-4-3-5-12(14)6-7-13-11(9-15)10-16-2/h11-13,15H,3-10H2,1-2H3. The van der Waals surface area contributed by atoms with Crippen LogP contribution in [0.25, 0.3) is 0 Å². The molecular weight excluding hydrogens is 204 g/mol. The van der Waals surface area contributed by atoms with Gasteiger partial charge in [0.1, 0.15) is 0 Å². The molecule has 1 aliphatic heterocycles. The maximum absolute atomic E-state index is 9.09. The molecule has 0 aromatic carbocycles. The van der Waals surface area contributed by atoms with Gasteiger partial charge in [0.2, 0.25) is 0 Å². The summed E-state index contributed by atoms with van der Waals surface area (Å²) >= 11 is 0. The van der Waals surface area contributed by atoms with Gasteiger partial charge in [-0.25, -0.2) is 0 Å². The van der Waals surface area contributed by atoms with Gasteiger partial charge < -0.3 is 20.1 Å². The fourth-order valence-electron chi connectivity index (χ4n) is 2.34. The van der Waals surface area contributed by atoms with E-state index in [4.69, 9.17) is 9.84 Å². The molecule has 0 aliphatic carbocycles. The van der Waals surface area contributed by atoms with Crippen LogP contribution < -0.4 is 5.32 Å². The molecule has 0 saturated carbocycles. The minimum absolute atomic E-state index is 0.0823. The van der Waals surface area contributed by atoms with Gasteiger partial charge in [0.05, 0.1) is 19.3 Å². The first-order valence-corrected chi connectivity index (χ1v) is 6.31. The highest BCUT2D eigenvalue weighted by molar-refractivity contribution is 4.76. The lowest BCUT2D eigenvalue weighted by Crippen LogP contribution is -2.42. The van der Waals surface area contributed by atoms with Crippen LogP contribution in [0, 0.1) is 0 Å². The summed E-state index contributed by atoms with van der Waals surface area (Å²) in [6.07, 6.45) is 5.17. The van der Waals surface area contributed by atoms with E-state index in [1.165, 1.54) is 25.8 Å². The number of likely N-dealkylation sites (tertiary alicyclic amines) is 1. The van der Waals surface area contributed by atoms with Crippen molar-refractivity contribution in [2.45, 2.75) is 37.8 Å². The second kappa shape index (κ2) is 8.01. The van der Waals surface area contributed by atoms with Gasteiger partial charge in [0, 0.05) is 13.2 Å². The molecule has 0 radical (unpaired) electrons. The number of aliphatic hydroxyl groups is 1. The van der Waals surface area contributed by atoms with E-state index in [2.05, 4.69) is 17.3 Å². The average molecular weight is 230 g/mol. The maximum Gasteiger partial charge on any atom is 0.0638 e. The van der Waals surface area contributed by atoms with Crippen LogP contribution in [0.1, 0.15) is 25.7 Å². The fourth-order valence-corrected chi connectivity index (χ4v) is 2.34. The molecule has 0 amide bonds. The van der Waals surface area contributed by atoms with Gasteiger partial charge in [0.15, 0.2) is 0 Å². The zero-order chi connectivity index (χ0) is 11.8. The molecule has 1 aliphatic rings. The van der Waals surface area contributed by atoms with Crippen LogP contribution in [0.15, 0.2) is 0 Å². The Kier molecular flexibility index (Phi) is 6.96. The molecule has 0 spiro atoms. The molecular formula is C12H26N2O2. The number of nitrogens with one attached hydrogen (secondary N) is 1. The summed E-state index contributed by atoms with van der Waals surface area (Å²) in [5, 5.41) is 12.4. The normalized spacial score (nSPS) is 24.6. The van der Waals surface area contributed by atoms with Gasteiger partial charge in [0.25, 0.3) is 0 Å². The van der Waals surface area contributed by atoms with Crippen molar-refractivity contribution in [2.75, 3.05) is 40.5 Å². The van der Waals surface area contributed by atoms with Gasteiger partial charge in [-0.05, 0) is 39.4 Å². The highest BCUT2D eigenvalue weighted by Crippen LogP contribution is 2.17. The van der Waals surface area contributed by atoms with Crippen molar-refractivity contribution >= 4 is 0 Å². The quantitative estimate of drug-likeness (QED) is 0.667. The molecule has 16 heavy (non-hydrogen) atoms. The SMILES string of the molecule is COCC(CO)NCCC1CCCCN1C. The van der Waals surface area contributed by atoms with Crippen molar-refractivity contribution in [3.05, 3.63) is 0 Å². The summed E-state index contributed by atoms with van der Waals surface area (Å²) < 4.78 is 5.03. The van der Waals surface area contributed by atoms with Crippen molar-refractivity contribution in [1.29, 1.82) is 0 Å². The number of hydrogen-bond acceptors (Lipinski definition) is 4. The highest BCUT2D eigenvalue weighted by Gasteiger charge is 2.18. The van der Waals surface area contributed by atoms with Gasteiger partial charge in [-0.1, -0.05) is 6.42 Å². The highest BCUT2D eigenvalue weighted by atomic mass is 16.5. The number of nitrogens with zero attached hydrogens (tertiary/aromatic N) is 1. The largest absolute Gasteiger partial charge is 0.395 e. The number of hydrogen-bond donors (Lipinski definition) is 2. The van der Waals surface area contributed by atoms with E-state index >= 15 is 0 Å². The van der Waals surface area contributed by atoms with Gasteiger partial charge >= 0.3 is 0 Å². The lowest BCUT2D eigenvalue weighted by atomic mass is 10.00. The number of methoxy groups -OCH3 is 1. The summed E-state index contributed by atoms with van der Waals surface area (Å²) in [5.74, 6) is 0.